The molecular weight excluding hydrogens is 462 g/mol. The Morgan fingerprint density at radius 1 is 1.14 bits per heavy atom. The van der Waals surface area contributed by atoms with Crippen molar-refractivity contribution in [2.45, 2.75) is 77.9 Å². The number of aliphatic hydroxyl groups excluding tert-OH is 1. The highest BCUT2D eigenvalue weighted by Crippen LogP contribution is 2.49. The van der Waals surface area contributed by atoms with E-state index in [9.17, 15) is 19.5 Å². The minimum Gasteiger partial charge on any atom is -0.481 e. The number of carboxylic acids is 1. The van der Waals surface area contributed by atoms with Gasteiger partial charge in [-0.3, -0.25) is 19.3 Å². The van der Waals surface area contributed by atoms with Gasteiger partial charge in [-0.15, -0.1) is 0 Å². The Morgan fingerprint density at radius 2 is 1.94 bits per heavy atom. The molecule has 4 atom stereocenters. The van der Waals surface area contributed by atoms with Gasteiger partial charge in [0.2, 0.25) is 11.8 Å². The predicted octanol–water partition coefficient (Wildman–Crippen LogP) is 4.33. The van der Waals surface area contributed by atoms with Crippen LogP contribution in [-0.4, -0.2) is 52.2 Å². The number of aliphatic hydroxyl groups is 1. The lowest BCUT2D eigenvalue weighted by Crippen LogP contribution is -2.34. The van der Waals surface area contributed by atoms with E-state index >= 15 is 0 Å². The van der Waals surface area contributed by atoms with Crippen molar-refractivity contribution in [1.29, 1.82) is 0 Å². The molecule has 36 heavy (non-hydrogen) atoms. The number of carbonyl (C=O) groups is 3. The fraction of sp³-hybridized carbons (Fsp3) is 0.607. The number of fused-ring (bicyclic) bond motifs is 3. The fourth-order valence-electron chi connectivity index (χ4n) is 6.06. The highest BCUT2D eigenvalue weighted by Gasteiger charge is 2.56. The van der Waals surface area contributed by atoms with E-state index in [1.165, 1.54) is 21.6 Å². The number of unbranched alkanes of at least 4 members (excludes halogenated alkanes) is 2. The zero-order valence-electron chi connectivity index (χ0n) is 21.2. The van der Waals surface area contributed by atoms with Crippen LogP contribution in [0.15, 0.2) is 33.3 Å². The number of carbonyl (C=O) groups excluding carboxylic acids is 2. The molecule has 8 heteroatoms. The Balaban J connectivity index is 1.38. The number of ether oxygens (including phenoxy) is 1. The van der Waals surface area contributed by atoms with Crippen LogP contribution in [-0.2, 0) is 25.7 Å². The Bertz CT molecular complexity index is 1050. The van der Waals surface area contributed by atoms with E-state index < -0.39 is 5.97 Å². The lowest BCUT2D eigenvalue weighted by Gasteiger charge is -2.30. The molecule has 2 N–H and O–H groups in total. The molecular formula is C28H37NO7. The summed E-state index contributed by atoms with van der Waals surface area (Å²) in [5.41, 5.74) is 3.61. The average Bonchev–Trinajstić information content (AvgIpc) is 3.55. The van der Waals surface area contributed by atoms with Gasteiger partial charge in [-0.1, -0.05) is 24.5 Å². The molecule has 0 unspecified atom stereocenters. The molecule has 0 radical (unpaired) electrons. The molecule has 1 aromatic rings. The molecule has 8 nitrogen and oxygen atoms in total. The van der Waals surface area contributed by atoms with Crippen molar-refractivity contribution in [3.05, 3.63) is 40.4 Å². The van der Waals surface area contributed by atoms with Gasteiger partial charge in [-0.25, -0.2) is 0 Å². The molecule has 0 spiro atoms. The lowest BCUT2D eigenvalue weighted by atomic mass is 9.70. The van der Waals surface area contributed by atoms with Crippen LogP contribution < -0.4 is 0 Å². The van der Waals surface area contributed by atoms with Gasteiger partial charge in [0.15, 0.2) is 0 Å². The molecule has 2 saturated heterocycles. The van der Waals surface area contributed by atoms with E-state index in [4.69, 9.17) is 14.3 Å². The van der Waals surface area contributed by atoms with Gasteiger partial charge in [0, 0.05) is 18.9 Å². The molecule has 4 rings (SSSR count). The maximum absolute atomic E-state index is 13.3. The second-order valence-electron chi connectivity index (χ2n) is 10.2. The standard InChI is InChI=1S/C28H37NO7/c1-3-18(14-19-9-10-20(15-30)36-19)8-11-23-25-17(2)13-21-26(22(25)16-35-23)28(34)29(27(21)33)12-6-4-5-7-24(31)32/h9-10,14,21-23,26,30H,3-8,11-13,15-16H2,1-2H3,(H,31,32)/b18-14+/t21-,22+,23-,26-/m1/s1. The predicted molar refractivity (Wildman–Crippen MR) is 132 cm³/mol. The number of hydrogen-bond acceptors (Lipinski definition) is 6. The van der Waals surface area contributed by atoms with Crippen molar-refractivity contribution in [1.82, 2.24) is 4.90 Å². The van der Waals surface area contributed by atoms with Crippen LogP contribution in [0.5, 0.6) is 0 Å². The highest BCUT2D eigenvalue weighted by atomic mass is 16.5. The number of carboxylic acid groups (broad SMARTS) is 1. The normalized spacial score (nSPS) is 26.1. The van der Waals surface area contributed by atoms with Gasteiger partial charge in [-0.05, 0) is 69.2 Å². The first kappa shape index (κ1) is 26.4. The van der Waals surface area contributed by atoms with Crippen LogP contribution in [0.1, 0.15) is 76.7 Å². The van der Waals surface area contributed by atoms with Crippen molar-refractivity contribution in [2.24, 2.45) is 17.8 Å². The topological polar surface area (TPSA) is 117 Å². The Labute approximate surface area is 212 Å². The third-order valence-corrected chi connectivity index (χ3v) is 7.88. The van der Waals surface area contributed by atoms with E-state index in [0.717, 1.165) is 25.0 Å². The fourth-order valence-corrected chi connectivity index (χ4v) is 6.06. The van der Waals surface area contributed by atoms with Crippen molar-refractivity contribution < 1.29 is 33.8 Å². The summed E-state index contributed by atoms with van der Waals surface area (Å²) in [6.07, 6.45) is 7.08. The highest BCUT2D eigenvalue weighted by molar-refractivity contribution is 6.05. The maximum Gasteiger partial charge on any atom is 0.303 e. The Morgan fingerprint density at radius 3 is 2.64 bits per heavy atom. The quantitative estimate of drug-likeness (QED) is 0.250. The van der Waals surface area contributed by atoms with Gasteiger partial charge < -0.3 is 19.4 Å². The molecule has 1 aliphatic carbocycles. The summed E-state index contributed by atoms with van der Waals surface area (Å²) in [4.78, 5) is 38.5. The molecule has 2 amide bonds. The number of furan rings is 1. The molecule has 1 aromatic heterocycles. The summed E-state index contributed by atoms with van der Waals surface area (Å²) >= 11 is 0. The van der Waals surface area contributed by atoms with E-state index in [0.29, 0.717) is 44.6 Å². The third kappa shape index (κ3) is 5.49. The van der Waals surface area contributed by atoms with Gasteiger partial charge in [0.25, 0.3) is 0 Å². The van der Waals surface area contributed by atoms with E-state index in [2.05, 4.69) is 13.8 Å². The molecule has 196 valence electrons. The third-order valence-electron chi connectivity index (χ3n) is 7.88. The van der Waals surface area contributed by atoms with Crippen molar-refractivity contribution in [2.75, 3.05) is 13.2 Å². The largest absolute Gasteiger partial charge is 0.481 e. The first-order chi connectivity index (χ1) is 17.3. The number of allylic oxidation sites excluding steroid dienone is 2. The Kier molecular flexibility index (Phi) is 8.46. The summed E-state index contributed by atoms with van der Waals surface area (Å²) in [7, 11) is 0. The summed E-state index contributed by atoms with van der Waals surface area (Å²) in [6, 6.07) is 3.63. The van der Waals surface area contributed by atoms with E-state index in [1.54, 1.807) is 6.07 Å². The van der Waals surface area contributed by atoms with Crippen LogP contribution >= 0.6 is 0 Å². The second kappa shape index (κ2) is 11.6. The first-order valence-corrected chi connectivity index (χ1v) is 13.1. The summed E-state index contributed by atoms with van der Waals surface area (Å²) in [5, 5.41) is 18.0. The molecule has 0 bridgehead atoms. The average molecular weight is 500 g/mol. The van der Waals surface area contributed by atoms with Crippen LogP contribution in [0.4, 0.5) is 0 Å². The second-order valence-corrected chi connectivity index (χ2v) is 10.2. The van der Waals surface area contributed by atoms with Gasteiger partial charge in [0.05, 0.1) is 24.5 Å². The number of amides is 2. The summed E-state index contributed by atoms with van der Waals surface area (Å²) in [5.74, 6) is -0.418. The SMILES string of the molecule is CC/C(=C\c1ccc(CO)o1)CC[C@H]1OC[C@H]2C1=C(C)C[C@H]1C(=O)N(CCCCCC(=O)O)C(=O)[C@H]12. The van der Waals surface area contributed by atoms with Crippen LogP contribution in [0.25, 0.3) is 6.08 Å². The van der Waals surface area contributed by atoms with E-state index in [-0.39, 0.29) is 48.7 Å². The number of likely N-dealkylation sites (tertiary alicyclic amines) is 1. The van der Waals surface area contributed by atoms with Gasteiger partial charge in [-0.2, -0.15) is 0 Å². The zero-order chi connectivity index (χ0) is 25.8. The molecule has 3 heterocycles. The lowest BCUT2D eigenvalue weighted by molar-refractivity contribution is -0.141. The smallest absolute Gasteiger partial charge is 0.303 e. The Hall–Kier alpha value is -2.71. The van der Waals surface area contributed by atoms with Crippen molar-refractivity contribution in [3.63, 3.8) is 0 Å². The van der Waals surface area contributed by atoms with Crippen molar-refractivity contribution >= 4 is 23.9 Å². The summed E-state index contributed by atoms with van der Waals surface area (Å²) in [6.45, 7) is 4.89. The summed E-state index contributed by atoms with van der Waals surface area (Å²) < 4.78 is 11.8. The molecule has 0 aromatic carbocycles. The van der Waals surface area contributed by atoms with Crippen LogP contribution in [0.2, 0.25) is 0 Å². The minimum atomic E-state index is -0.822. The molecule has 2 aliphatic heterocycles. The molecule has 0 saturated carbocycles. The first-order valence-electron chi connectivity index (χ1n) is 13.1. The minimum absolute atomic E-state index is 0.0477. The zero-order valence-corrected chi connectivity index (χ0v) is 21.2. The number of nitrogens with zero attached hydrogens (tertiary/aromatic N) is 1. The van der Waals surface area contributed by atoms with Crippen molar-refractivity contribution in [3.8, 4) is 0 Å². The number of imide groups is 1. The van der Waals surface area contributed by atoms with Gasteiger partial charge >= 0.3 is 5.97 Å². The van der Waals surface area contributed by atoms with Crippen LogP contribution in [0.3, 0.4) is 0 Å². The number of aliphatic carboxylic acids is 1. The maximum atomic E-state index is 13.3. The number of rotatable bonds is 12. The number of hydrogen-bond donors (Lipinski definition) is 2. The molecule has 2 fully saturated rings. The monoisotopic (exact) mass is 499 g/mol. The van der Waals surface area contributed by atoms with Gasteiger partial charge in [0.1, 0.15) is 18.1 Å². The van der Waals surface area contributed by atoms with E-state index in [1.807, 2.05) is 12.1 Å². The van der Waals surface area contributed by atoms with Crippen LogP contribution in [0, 0.1) is 17.8 Å². The molecule has 3 aliphatic rings.